The van der Waals surface area contributed by atoms with Crippen LogP contribution in [0.25, 0.3) is 10.5 Å². The van der Waals surface area contributed by atoms with Gasteiger partial charge in [-0.15, -0.1) is 0 Å². The highest BCUT2D eigenvalue weighted by Crippen LogP contribution is 2.16. The van der Waals surface area contributed by atoms with Crippen LogP contribution in [0.2, 0.25) is 0 Å². The van der Waals surface area contributed by atoms with Crippen molar-refractivity contribution in [3.8, 4) is 0 Å². The van der Waals surface area contributed by atoms with Crippen molar-refractivity contribution < 1.29 is 9.53 Å². The molecule has 0 fully saturated rings. The van der Waals surface area contributed by atoms with Crippen molar-refractivity contribution in [2.45, 2.75) is 26.4 Å². The molecule has 0 aromatic heterocycles. The molecular formula is C14H15NO2. The van der Waals surface area contributed by atoms with Crippen molar-refractivity contribution in [3.63, 3.8) is 0 Å². The van der Waals surface area contributed by atoms with Gasteiger partial charge in [-0.2, -0.15) is 0 Å². The lowest BCUT2D eigenvalue weighted by atomic mass is 10.1. The Morgan fingerprint density at radius 3 is 2.59 bits per heavy atom. The second-order valence-electron chi connectivity index (χ2n) is 3.81. The number of nitrogens with zero attached hydrogens (tertiary/aromatic N) is 1. The molecule has 1 aromatic carbocycles. The fourth-order valence-electron chi connectivity index (χ4n) is 1.33. The van der Waals surface area contributed by atoms with E-state index >= 15 is 0 Å². The number of hydrogen-bond acceptors (Lipinski definition) is 2. The van der Waals surface area contributed by atoms with Crippen molar-refractivity contribution in [1.82, 2.24) is 0 Å². The molecule has 0 N–H and O–H groups in total. The topological polar surface area (TPSA) is 30.7 Å². The molecule has 0 bridgehead atoms. The molecule has 1 rings (SSSR count). The van der Waals surface area contributed by atoms with Gasteiger partial charge in [-0.3, -0.25) is 4.79 Å². The van der Waals surface area contributed by atoms with Crippen LogP contribution < -0.4 is 0 Å². The summed E-state index contributed by atoms with van der Waals surface area (Å²) in [7, 11) is 0. The Morgan fingerprint density at radius 1 is 1.41 bits per heavy atom. The summed E-state index contributed by atoms with van der Waals surface area (Å²) in [5, 5.41) is 0. The van der Waals surface area contributed by atoms with Gasteiger partial charge in [0.25, 0.3) is 0 Å². The van der Waals surface area contributed by atoms with E-state index in [4.69, 9.17) is 11.3 Å². The smallest absolute Gasteiger partial charge is 0.308 e. The van der Waals surface area contributed by atoms with Crippen molar-refractivity contribution >= 4 is 11.7 Å². The van der Waals surface area contributed by atoms with Gasteiger partial charge < -0.3 is 4.74 Å². The summed E-state index contributed by atoms with van der Waals surface area (Å²) in [5.41, 5.74) is 1.30. The van der Waals surface area contributed by atoms with Gasteiger partial charge in [-0.25, -0.2) is 4.85 Å². The number of esters is 1. The molecule has 3 heteroatoms. The van der Waals surface area contributed by atoms with Crippen molar-refractivity contribution in [2.75, 3.05) is 0 Å². The Kier molecular flexibility index (Phi) is 4.96. The number of rotatable bonds is 4. The van der Waals surface area contributed by atoms with E-state index in [1.807, 2.05) is 30.3 Å². The molecule has 0 radical (unpaired) electrons. The minimum absolute atomic E-state index is 0.121. The first-order chi connectivity index (χ1) is 8.13. The zero-order valence-electron chi connectivity index (χ0n) is 10.0. The van der Waals surface area contributed by atoms with Gasteiger partial charge in [-0.1, -0.05) is 36.4 Å². The largest absolute Gasteiger partial charge is 0.463 e. The molecule has 0 spiro atoms. The third-order valence-corrected chi connectivity index (χ3v) is 2.02. The Labute approximate surface area is 102 Å². The second kappa shape index (κ2) is 6.49. The summed E-state index contributed by atoms with van der Waals surface area (Å²) in [5.74, 6) is -0.308. The van der Waals surface area contributed by atoms with E-state index in [0.717, 1.165) is 5.56 Å². The zero-order valence-corrected chi connectivity index (χ0v) is 10.0. The molecule has 0 saturated carbocycles. The van der Waals surface area contributed by atoms with Crippen LogP contribution in [0.5, 0.6) is 0 Å². The summed E-state index contributed by atoms with van der Waals surface area (Å²) in [6, 6.07) is 9.30. The number of hydrogen-bond donors (Lipinski definition) is 0. The molecule has 0 heterocycles. The van der Waals surface area contributed by atoms with Crippen LogP contribution in [0.1, 0.15) is 25.8 Å². The lowest BCUT2D eigenvalue weighted by Crippen LogP contribution is -2.10. The van der Waals surface area contributed by atoms with Gasteiger partial charge in [0.05, 0.1) is 19.1 Å². The maximum Gasteiger partial charge on any atom is 0.308 e. The summed E-state index contributed by atoms with van der Waals surface area (Å²) in [6.07, 6.45) is 1.61. The minimum atomic E-state index is -0.308. The summed E-state index contributed by atoms with van der Waals surface area (Å²) < 4.78 is 4.99. The predicted molar refractivity (Wildman–Crippen MR) is 66.9 cm³/mol. The van der Waals surface area contributed by atoms with Crippen LogP contribution in [-0.4, -0.2) is 12.1 Å². The number of carbonyl (C=O) groups excluding carboxylic acids is 1. The van der Waals surface area contributed by atoms with E-state index < -0.39 is 0 Å². The van der Waals surface area contributed by atoms with Gasteiger partial charge in [-0.05, 0) is 19.4 Å². The van der Waals surface area contributed by atoms with E-state index in [-0.39, 0.29) is 18.5 Å². The van der Waals surface area contributed by atoms with E-state index in [9.17, 15) is 4.79 Å². The van der Waals surface area contributed by atoms with Crippen LogP contribution in [0.4, 0.5) is 0 Å². The third kappa shape index (κ3) is 4.52. The molecule has 17 heavy (non-hydrogen) atoms. The monoisotopic (exact) mass is 229 g/mol. The van der Waals surface area contributed by atoms with E-state index in [2.05, 4.69) is 4.85 Å². The molecule has 0 saturated heterocycles. The molecule has 0 atom stereocenters. The maximum absolute atomic E-state index is 11.3. The lowest BCUT2D eigenvalue weighted by molar-refractivity contribution is -0.146. The van der Waals surface area contributed by atoms with Crippen LogP contribution in [0.3, 0.4) is 0 Å². The molecule has 88 valence electrons. The first-order valence-electron chi connectivity index (χ1n) is 5.46. The standard InChI is InChI=1S/C14H15NO2/c1-11(2)17-14(16)10-9-13(15-3)12-7-5-4-6-8-12/h4-9,11H,10H2,1-2H3/b13-9-. The molecule has 0 aliphatic carbocycles. The van der Waals surface area contributed by atoms with Crippen LogP contribution in [0, 0.1) is 6.57 Å². The normalized spacial score (nSPS) is 11.1. The Hall–Kier alpha value is -2.08. The minimum Gasteiger partial charge on any atom is -0.463 e. The van der Waals surface area contributed by atoms with Crippen molar-refractivity contribution in [2.24, 2.45) is 0 Å². The first-order valence-corrected chi connectivity index (χ1v) is 5.46. The number of benzene rings is 1. The van der Waals surface area contributed by atoms with E-state index in [0.29, 0.717) is 5.70 Å². The highest BCUT2D eigenvalue weighted by atomic mass is 16.5. The first kappa shape index (κ1) is 13.0. The fraction of sp³-hybridized carbons (Fsp3) is 0.286. The van der Waals surface area contributed by atoms with Gasteiger partial charge in [0.15, 0.2) is 5.70 Å². The number of carbonyl (C=O) groups is 1. The number of ether oxygens (including phenoxy) is 1. The van der Waals surface area contributed by atoms with E-state index in [1.54, 1.807) is 19.9 Å². The zero-order chi connectivity index (χ0) is 12.7. The highest BCUT2D eigenvalue weighted by molar-refractivity contribution is 5.77. The molecule has 0 amide bonds. The highest BCUT2D eigenvalue weighted by Gasteiger charge is 2.05. The van der Waals surface area contributed by atoms with Gasteiger partial charge in [0, 0.05) is 0 Å². The van der Waals surface area contributed by atoms with Crippen molar-refractivity contribution in [3.05, 3.63) is 53.4 Å². The molecule has 0 aliphatic rings. The van der Waals surface area contributed by atoms with Crippen LogP contribution >= 0.6 is 0 Å². The predicted octanol–water partition coefficient (Wildman–Crippen LogP) is 3.29. The fourth-order valence-corrected chi connectivity index (χ4v) is 1.33. The maximum atomic E-state index is 11.3. The van der Waals surface area contributed by atoms with Crippen LogP contribution in [-0.2, 0) is 9.53 Å². The van der Waals surface area contributed by atoms with Crippen molar-refractivity contribution in [1.29, 1.82) is 0 Å². The summed E-state index contributed by atoms with van der Waals surface area (Å²) in [4.78, 5) is 14.7. The molecule has 0 aliphatic heterocycles. The average molecular weight is 229 g/mol. The SMILES string of the molecule is [C-]#[N+]/C(=C\CC(=O)OC(C)C)c1ccccc1. The third-order valence-electron chi connectivity index (χ3n) is 2.02. The van der Waals surface area contributed by atoms with Gasteiger partial charge >= 0.3 is 5.97 Å². The molecule has 3 nitrogen and oxygen atoms in total. The summed E-state index contributed by atoms with van der Waals surface area (Å²) in [6.45, 7) is 10.7. The molecule has 0 unspecified atom stereocenters. The summed E-state index contributed by atoms with van der Waals surface area (Å²) >= 11 is 0. The Bertz CT molecular complexity index is 441. The molecular weight excluding hydrogens is 214 g/mol. The lowest BCUT2D eigenvalue weighted by Gasteiger charge is -2.06. The molecule has 1 aromatic rings. The second-order valence-corrected chi connectivity index (χ2v) is 3.81. The Morgan fingerprint density at radius 2 is 2.06 bits per heavy atom. The average Bonchev–Trinajstić information content (AvgIpc) is 2.30. The van der Waals surface area contributed by atoms with E-state index in [1.165, 1.54) is 0 Å². The van der Waals surface area contributed by atoms with Crippen LogP contribution in [0.15, 0.2) is 36.4 Å². The van der Waals surface area contributed by atoms with Gasteiger partial charge in [0.2, 0.25) is 0 Å². The van der Waals surface area contributed by atoms with Gasteiger partial charge in [0.1, 0.15) is 0 Å². The quantitative estimate of drug-likeness (QED) is 0.586. The Balaban J connectivity index is 2.70.